The second-order valence-electron chi connectivity index (χ2n) is 4.44. The molecule has 0 bridgehead atoms. The standard InChI is InChI=1S/C14H9N7/c1-2-4-11-9(3-1)7-10(12-5-6-15-20-18-12)14(17-11)13-8-16-21-19-13/h1-8H,(H,16,19,21). The third-order valence-electron chi connectivity index (χ3n) is 3.16. The summed E-state index contributed by atoms with van der Waals surface area (Å²) in [5.74, 6) is 0. The molecule has 0 aliphatic rings. The fourth-order valence-corrected chi connectivity index (χ4v) is 2.21. The maximum Gasteiger partial charge on any atom is 0.131 e. The minimum Gasteiger partial charge on any atom is -0.245 e. The molecule has 7 nitrogen and oxygen atoms in total. The van der Waals surface area contributed by atoms with Gasteiger partial charge < -0.3 is 0 Å². The molecule has 1 N–H and O–H groups in total. The quantitative estimate of drug-likeness (QED) is 0.600. The molecule has 21 heavy (non-hydrogen) atoms. The second kappa shape index (κ2) is 4.71. The SMILES string of the molecule is c1ccc2nc(-c3cn[nH]n3)c(-c3ccnnn3)cc2c1. The van der Waals surface area contributed by atoms with Gasteiger partial charge in [0.2, 0.25) is 0 Å². The van der Waals surface area contributed by atoms with E-state index in [4.69, 9.17) is 0 Å². The molecule has 0 saturated carbocycles. The summed E-state index contributed by atoms with van der Waals surface area (Å²) < 4.78 is 0. The largest absolute Gasteiger partial charge is 0.245 e. The molecule has 100 valence electrons. The smallest absolute Gasteiger partial charge is 0.131 e. The number of hydrogen-bond donors (Lipinski definition) is 1. The Bertz CT molecular complexity index is 888. The summed E-state index contributed by atoms with van der Waals surface area (Å²) in [6.07, 6.45) is 3.24. The van der Waals surface area contributed by atoms with Gasteiger partial charge in [-0.3, -0.25) is 0 Å². The van der Waals surface area contributed by atoms with Crippen LogP contribution in [0.15, 0.2) is 48.8 Å². The van der Waals surface area contributed by atoms with Gasteiger partial charge in [0.1, 0.15) is 11.4 Å². The van der Waals surface area contributed by atoms with Crippen LogP contribution in [-0.2, 0) is 0 Å². The maximum atomic E-state index is 4.68. The molecule has 4 aromatic rings. The van der Waals surface area contributed by atoms with Gasteiger partial charge in [-0.1, -0.05) is 18.2 Å². The molecular formula is C14H9N7. The van der Waals surface area contributed by atoms with Crippen LogP contribution in [0.2, 0.25) is 0 Å². The van der Waals surface area contributed by atoms with E-state index < -0.39 is 0 Å². The number of para-hydroxylation sites is 1. The molecule has 3 heterocycles. The Morgan fingerprint density at radius 2 is 1.95 bits per heavy atom. The molecule has 0 spiro atoms. The molecule has 0 aliphatic carbocycles. The number of nitrogens with zero attached hydrogens (tertiary/aromatic N) is 6. The van der Waals surface area contributed by atoms with Crippen LogP contribution in [-0.4, -0.2) is 35.8 Å². The summed E-state index contributed by atoms with van der Waals surface area (Å²) in [6.45, 7) is 0. The lowest BCUT2D eigenvalue weighted by Gasteiger charge is -2.07. The van der Waals surface area contributed by atoms with E-state index >= 15 is 0 Å². The van der Waals surface area contributed by atoms with E-state index in [1.54, 1.807) is 18.5 Å². The molecule has 4 rings (SSSR count). The molecule has 0 unspecified atom stereocenters. The predicted molar refractivity (Wildman–Crippen MR) is 75.9 cm³/mol. The average molecular weight is 275 g/mol. The minimum atomic E-state index is 0.661. The summed E-state index contributed by atoms with van der Waals surface area (Å²) in [7, 11) is 0. The lowest BCUT2D eigenvalue weighted by Crippen LogP contribution is -1.95. The van der Waals surface area contributed by atoms with E-state index in [9.17, 15) is 0 Å². The van der Waals surface area contributed by atoms with Crippen LogP contribution >= 0.6 is 0 Å². The molecule has 0 radical (unpaired) electrons. The van der Waals surface area contributed by atoms with E-state index in [1.165, 1.54) is 0 Å². The topological polar surface area (TPSA) is 93.1 Å². The van der Waals surface area contributed by atoms with E-state index in [2.05, 4.69) is 35.8 Å². The normalized spacial score (nSPS) is 10.9. The van der Waals surface area contributed by atoms with Crippen LogP contribution in [0.1, 0.15) is 0 Å². The summed E-state index contributed by atoms with van der Waals surface area (Å²) in [6, 6.07) is 11.7. The third kappa shape index (κ3) is 2.00. The number of aromatic nitrogens is 7. The number of rotatable bonds is 2. The van der Waals surface area contributed by atoms with Crippen molar-refractivity contribution in [1.82, 2.24) is 35.8 Å². The van der Waals surface area contributed by atoms with Gasteiger partial charge >= 0.3 is 0 Å². The average Bonchev–Trinajstić information content (AvgIpc) is 3.09. The van der Waals surface area contributed by atoms with Crippen molar-refractivity contribution < 1.29 is 0 Å². The molecular weight excluding hydrogens is 266 g/mol. The fraction of sp³-hybridized carbons (Fsp3) is 0. The van der Waals surface area contributed by atoms with Crippen LogP contribution in [0.4, 0.5) is 0 Å². The second-order valence-corrected chi connectivity index (χ2v) is 4.44. The number of aromatic amines is 1. The van der Waals surface area contributed by atoms with E-state index in [-0.39, 0.29) is 0 Å². The van der Waals surface area contributed by atoms with Gasteiger partial charge in [-0.05, 0) is 23.4 Å². The highest BCUT2D eigenvalue weighted by Gasteiger charge is 2.14. The first kappa shape index (κ1) is 11.6. The Morgan fingerprint density at radius 1 is 1.00 bits per heavy atom. The molecule has 3 aromatic heterocycles. The number of H-pyrrole nitrogens is 1. The fourth-order valence-electron chi connectivity index (χ4n) is 2.21. The van der Waals surface area contributed by atoms with Crippen molar-refractivity contribution in [3.8, 4) is 22.6 Å². The van der Waals surface area contributed by atoms with Gasteiger partial charge in [-0.25, -0.2) is 4.98 Å². The van der Waals surface area contributed by atoms with Crippen molar-refractivity contribution in [2.75, 3.05) is 0 Å². The number of fused-ring (bicyclic) bond motifs is 1. The van der Waals surface area contributed by atoms with Crippen LogP contribution in [0.5, 0.6) is 0 Å². The van der Waals surface area contributed by atoms with Crippen molar-refractivity contribution in [1.29, 1.82) is 0 Å². The summed E-state index contributed by atoms with van der Waals surface area (Å²) in [5, 5.41) is 23.1. The van der Waals surface area contributed by atoms with Crippen molar-refractivity contribution >= 4 is 10.9 Å². The Morgan fingerprint density at radius 3 is 2.76 bits per heavy atom. The first-order valence-electron chi connectivity index (χ1n) is 6.32. The molecule has 0 atom stereocenters. The van der Waals surface area contributed by atoms with Gasteiger partial charge in [0.05, 0.1) is 23.6 Å². The summed E-state index contributed by atoms with van der Waals surface area (Å²) in [4.78, 5) is 4.68. The van der Waals surface area contributed by atoms with Crippen molar-refractivity contribution in [3.05, 3.63) is 48.8 Å². The Labute approximate surface area is 119 Å². The Balaban J connectivity index is 2.05. The summed E-state index contributed by atoms with van der Waals surface area (Å²) in [5.41, 5.74) is 3.80. The van der Waals surface area contributed by atoms with Crippen LogP contribution in [0, 0.1) is 0 Å². The zero-order valence-corrected chi connectivity index (χ0v) is 10.8. The van der Waals surface area contributed by atoms with Crippen LogP contribution < -0.4 is 0 Å². The number of hydrogen-bond acceptors (Lipinski definition) is 6. The predicted octanol–water partition coefficient (Wildman–Crippen LogP) is 1.87. The highest BCUT2D eigenvalue weighted by atomic mass is 15.3. The highest BCUT2D eigenvalue weighted by Crippen LogP contribution is 2.30. The van der Waals surface area contributed by atoms with Gasteiger partial charge in [0.15, 0.2) is 0 Å². The molecule has 7 heteroatoms. The van der Waals surface area contributed by atoms with Gasteiger partial charge in [0.25, 0.3) is 0 Å². The molecule has 0 saturated heterocycles. The van der Waals surface area contributed by atoms with Crippen LogP contribution in [0.3, 0.4) is 0 Å². The zero-order chi connectivity index (χ0) is 14.1. The number of benzene rings is 1. The minimum absolute atomic E-state index is 0.661. The molecule has 0 aliphatic heterocycles. The van der Waals surface area contributed by atoms with Crippen molar-refractivity contribution in [2.24, 2.45) is 0 Å². The van der Waals surface area contributed by atoms with E-state index in [0.717, 1.165) is 16.5 Å². The van der Waals surface area contributed by atoms with E-state index in [1.807, 2.05) is 30.3 Å². The third-order valence-corrected chi connectivity index (χ3v) is 3.16. The first-order valence-corrected chi connectivity index (χ1v) is 6.32. The Hall–Kier alpha value is -3.22. The van der Waals surface area contributed by atoms with Crippen molar-refractivity contribution in [2.45, 2.75) is 0 Å². The Kier molecular flexibility index (Phi) is 2.60. The first-order chi connectivity index (χ1) is 10.4. The maximum absolute atomic E-state index is 4.68. The molecule has 1 aromatic carbocycles. The highest BCUT2D eigenvalue weighted by molar-refractivity contribution is 5.89. The molecule has 0 fully saturated rings. The van der Waals surface area contributed by atoms with Gasteiger partial charge in [0, 0.05) is 10.9 Å². The lowest BCUT2D eigenvalue weighted by atomic mass is 10.0. The lowest BCUT2D eigenvalue weighted by molar-refractivity contribution is 0.870. The number of pyridine rings is 1. The van der Waals surface area contributed by atoms with Crippen molar-refractivity contribution in [3.63, 3.8) is 0 Å². The number of nitrogens with one attached hydrogen (secondary N) is 1. The van der Waals surface area contributed by atoms with Gasteiger partial charge in [-0.2, -0.15) is 15.4 Å². The van der Waals surface area contributed by atoms with E-state index in [0.29, 0.717) is 17.1 Å². The molecule has 0 amide bonds. The zero-order valence-electron chi connectivity index (χ0n) is 10.8. The summed E-state index contributed by atoms with van der Waals surface area (Å²) >= 11 is 0. The van der Waals surface area contributed by atoms with Gasteiger partial charge in [-0.15, -0.1) is 10.2 Å². The monoisotopic (exact) mass is 275 g/mol. The van der Waals surface area contributed by atoms with Crippen LogP contribution in [0.25, 0.3) is 33.5 Å².